The molecule has 6 heteroatoms. The fourth-order valence-electron chi connectivity index (χ4n) is 3.39. The first kappa shape index (κ1) is 21.7. The van der Waals surface area contributed by atoms with Crippen molar-refractivity contribution < 1.29 is 14.5 Å². The molecule has 1 heterocycles. The average Bonchev–Trinajstić information content (AvgIpc) is 3.01. The maximum absolute atomic E-state index is 12.3. The van der Waals surface area contributed by atoms with Gasteiger partial charge in [0.2, 0.25) is 0 Å². The molecular weight excluding hydrogens is 356 g/mol. The lowest BCUT2D eigenvalue weighted by Crippen LogP contribution is -2.08. The highest BCUT2D eigenvalue weighted by Gasteiger charge is 2.19. The molecule has 0 aliphatic carbocycles. The van der Waals surface area contributed by atoms with E-state index in [-0.39, 0.29) is 11.7 Å². The van der Waals surface area contributed by atoms with Crippen LogP contribution in [0.2, 0.25) is 0 Å². The standard InChI is InChI=1S/C22H30N2O4/c1-4-6-7-8-9-10-15-23-17(3)20(22(25)28-5-2)16-21(23)18-11-13-19(14-12-18)24(26)27/h11-14,16H,4-10,15H2,1-3H3. The number of unbranched alkanes of at least 4 members (excludes halogenated alkanes) is 5. The number of nitrogens with zero attached hydrogens (tertiary/aromatic N) is 2. The molecule has 0 amide bonds. The first-order valence-corrected chi connectivity index (χ1v) is 10.1. The minimum Gasteiger partial charge on any atom is -0.462 e. The van der Waals surface area contributed by atoms with Gasteiger partial charge in [0, 0.05) is 30.1 Å². The van der Waals surface area contributed by atoms with Gasteiger partial charge in [-0.3, -0.25) is 10.1 Å². The van der Waals surface area contributed by atoms with Gasteiger partial charge in [0.15, 0.2) is 0 Å². The number of nitro groups is 1. The molecule has 2 rings (SSSR count). The van der Waals surface area contributed by atoms with E-state index in [0.29, 0.717) is 12.2 Å². The zero-order chi connectivity index (χ0) is 20.5. The summed E-state index contributed by atoms with van der Waals surface area (Å²) in [7, 11) is 0. The molecule has 1 aromatic carbocycles. The maximum Gasteiger partial charge on any atom is 0.339 e. The van der Waals surface area contributed by atoms with Crippen molar-refractivity contribution in [2.45, 2.75) is 65.8 Å². The van der Waals surface area contributed by atoms with E-state index >= 15 is 0 Å². The van der Waals surface area contributed by atoms with Crippen molar-refractivity contribution in [3.63, 3.8) is 0 Å². The van der Waals surface area contributed by atoms with Gasteiger partial charge in [0.1, 0.15) is 0 Å². The van der Waals surface area contributed by atoms with Gasteiger partial charge in [-0.05, 0) is 44.0 Å². The van der Waals surface area contributed by atoms with E-state index in [9.17, 15) is 14.9 Å². The summed E-state index contributed by atoms with van der Waals surface area (Å²) in [5, 5.41) is 10.9. The molecular formula is C22H30N2O4. The minimum absolute atomic E-state index is 0.0557. The molecule has 0 unspecified atom stereocenters. The van der Waals surface area contributed by atoms with Crippen molar-refractivity contribution in [2.24, 2.45) is 0 Å². The Morgan fingerprint density at radius 3 is 2.32 bits per heavy atom. The number of hydrogen-bond acceptors (Lipinski definition) is 4. The van der Waals surface area contributed by atoms with E-state index < -0.39 is 4.92 Å². The lowest BCUT2D eigenvalue weighted by Gasteiger charge is -2.12. The predicted octanol–water partition coefficient (Wildman–Crippen LogP) is 5.91. The normalized spacial score (nSPS) is 10.8. The van der Waals surface area contributed by atoms with Gasteiger partial charge >= 0.3 is 5.97 Å². The van der Waals surface area contributed by atoms with Gasteiger partial charge in [-0.15, -0.1) is 0 Å². The molecule has 0 aliphatic rings. The summed E-state index contributed by atoms with van der Waals surface area (Å²) >= 11 is 0. The SMILES string of the molecule is CCCCCCCCn1c(-c2ccc([N+](=O)[O-])cc2)cc(C(=O)OCC)c1C. The number of carbonyl (C=O) groups excluding carboxylic acids is 1. The molecule has 0 radical (unpaired) electrons. The molecule has 0 bridgehead atoms. The Bertz CT molecular complexity index is 794. The summed E-state index contributed by atoms with van der Waals surface area (Å²) in [6, 6.07) is 8.30. The van der Waals surface area contributed by atoms with Gasteiger partial charge in [-0.25, -0.2) is 4.79 Å². The van der Waals surface area contributed by atoms with Crippen LogP contribution in [0.3, 0.4) is 0 Å². The monoisotopic (exact) mass is 386 g/mol. The van der Waals surface area contributed by atoms with Crippen molar-refractivity contribution in [2.75, 3.05) is 6.61 Å². The van der Waals surface area contributed by atoms with Crippen molar-refractivity contribution in [3.8, 4) is 11.3 Å². The summed E-state index contributed by atoms with van der Waals surface area (Å²) in [6.45, 7) is 7.06. The van der Waals surface area contributed by atoms with Crippen LogP contribution in [0.4, 0.5) is 5.69 Å². The highest BCUT2D eigenvalue weighted by atomic mass is 16.6. The van der Waals surface area contributed by atoms with Crippen molar-refractivity contribution in [1.82, 2.24) is 4.57 Å². The second-order valence-corrected chi connectivity index (χ2v) is 6.97. The van der Waals surface area contributed by atoms with Crippen molar-refractivity contribution in [3.05, 3.63) is 51.7 Å². The van der Waals surface area contributed by atoms with Crippen molar-refractivity contribution >= 4 is 11.7 Å². The van der Waals surface area contributed by atoms with E-state index in [0.717, 1.165) is 36.3 Å². The second-order valence-electron chi connectivity index (χ2n) is 6.97. The molecule has 2 aromatic rings. The fraction of sp³-hybridized carbons (Fsp3) is 0.500. The van der Waals surface area contributed by atoms with Gasteiger partial charge < -0.3 is 9.30 Å². The first-order valence-electron chi connectivity index (χ1n) is 10.1. The first-order chi connectivity index (χ1) is 13.5. The predicted molar refractivity (Wildman–Crippen MR) is 111 cm³/mol. The van der Waals surface area contributed by atoms with Crippen LogP contribution in [0.5, 0.6) is 0 Å². The number of carbonyl (C=O) groups is 1. The molecule has 6 nitrogen and oxygen atoms in total. The van der Waals surface area contributed by atoms with Gasteiger partial charge in [-0.1, -0.05) is 39.0 Å². The quantitative estimate of drug-likeness (QED) is 0.208. The lowest BCUT2D eigenvalue weighted by molar-refractivity contribution is -0.384. The van der Waals surface area contributed by atoms with Crippen LogP contribution in [0, 0.1) is 17.0 Å². The van der Waals surface area contributed by atoms with Gasteiger partial charge in [0.25, 0.3) is 5.69 Å². The number of rotatable bonds is 11. The number of ether oxygens (including phenoxy) is 1. The third-order valence-electron chi connectivity index (χ3n) is 4.97. The topological polar surface area (TPSA) is 74.4 Å². The Labute approximate surface area is 166 Å². The van der Waals surface area contributed by atoms with Crippen LogP contribution >= 0.6 is 0 Å². The zero-order valence-corrected chi connectivity index (χ0v) is 17.1. The van der Waals surface area contributed by atoms with E-state index in [1.54, 1.807) is 19.1 Å². The Kier molecular flexibility index (Phi) is 8.23. The highest BCUT2D eigenvalue weighted by Crippen LogP contribution is 2.28. The van der Waals surface area contributed by atoms with Crippen LogP contribution in [-0.2, 0) is 11.3 Å². The number of aromatic nitrogens is 1. The largest absolute Gasteiger partial charge is 0.462 e. The Morgan fingerprint density at radius 2 is 1.71 bits per heavy atom. The molecule has 0 N–H and O–H groups in total. The summed E-state index contributed by atoms with van der Waals surface area (Å²) in [4.78, 5) is 22.8. The number of benzene rings is 1. The average molecular weight is 386 g/mol. The molecule has 0 fully saturated rings. The number of esters is 1. The molecule has 28 heavy (non-hydrogen) atoms. The third kappa shape index (κ3) is 5.44. The molecule has 1 aromatic heterocycles. The van der Waals surface area contributed by atoms with Crippen LogP contribution in [0.15, 0.2) is 30.3 Å². The Hall–Kier alpha value is -2.63. The van der Waals surface area contributed by atoms with Crippen LogP contribution in [0.1, 0.15) is 68.4 Å². The lowest BCUT2D eigenvalue weighted by atomic mass is 10.1. The number of nitro benzene ring substituents is 1. The minimum atomic E-state index is -0.408. The Balaban J connectivity index is 2.26. The smallest absolute Gasteiger partial charge is 0.339 e. The summed E-state index contributed by atoms with van der Waals surface area (Å²) in [5.74, 6) is -0.329. The number of hydrogen-bond donors (Lipinski definition) is 0. The van der Waals surface area contributed by atoms with E-state index in [2.05, 4.69) is 11.5 Å². The number of non-ortho nitro benzene ring substituents is 1. The summed E-state index contributed by atoms with van der Waals surface area (Å²) < 4.78 is 7.32. The molecule has 0 saturated heterocycles. The van der Waals surface area contributed by atoms with Gasteiger partial charge in [-0.2, -0.15) is 0 Å². The second kappa shape index (κ2) is 10.6. The van der Waals surface area contributed by atoms with Crippen LogP contribution < -0.4 is 0 Å². The molecule has 0 spiro atoms. The van der Waals surface area contributed by atoms with E-state index in [1.807, 2.05) is 13.0 Å². The Morgan fingerprint density at radius 1 is 1.07 bits per heavy atom. The van der Waals surface area contributed by atoms with Crippen LogP contribution in [-0.4, -0.2) is 22.1 Å². The fourth-order valence-corrected chi connectivity index (χ4v) is 3.39. The summed E-state index contributed by atoms with van der Waals surface area (Å²) in [6.07, 6.45) is 7.14. The highest BCUT2D eigenvalue weighted by molar-refractivity contribution is 5.92. The molecule has 0 aliphatic heterocycles. The third-order valence-corrected chi connectivity index (χ3v) is 4.97. The van der Waals surface area contributed by atoms with Gasteiger partial charge in [0.05, 0.1) is 17.1 Å². The van der Waals surface area contributed by atoms with Crippen LogP contribution in [0.25, 0.3) is 11.3 Å². The summed E-state index contributed by atoms with van der Waals surface area (Å²) in [5.41, 5.74) is 3.24. The zero-order valence-electron chi connectivity index (χ0n) is 17.1. The van der Waals surface area contributed by atoms with E-state index in [4.69, 9.17) is 4.74 Å². The maximum atomic E-state index is 12.3. The molecule has 152 valence electrons. The molecule has 0 atom stereocenters. The molecule has 0 saturated carbocycles. The van der Waals surface area contributed by atoms with Crippen molar-refractivity contribution in [1.29, 1.82) is 0 Å². The van der Waals surface area contributed by atoms with E-state index in [1.165, 1.54) is 37.8 Å².